The molecule has 0 saturated heterocycles. The number of alkyl halides is 3. The molecular formula is C15H18F3NO2. The number of hydrogen-bond donors (Lipinski definition) is 1. The van der Waals surface area contributed by atoms with E-state index in [1.54, 1.807) is 0 Å². The number of ether oxygens (including phenoxy) is 1. The molecule has 0 heterocycles. The second kappa shape index (κ2) is 6.93. The Morgan fingerprint density at radius 1 is 1.33 bits per heavy atom. The van der Waals surface area contributed by atoms with Crippen LogP contribution >= 0.6 is 0 Å². The fourth-order valence-corrected chi connectivity index (χ4v) is 2.58. The number of benzene rings is 1. The number of aryl methyl sites for hydroxylation is 1. The van der Waals surface area contributed by atoms with Gasteiger partial charge in [0.15, 0.2) is 0 Å². The smallest absolute Gasteiger partial charge is 0.370 e. The molecule has 3 nitrogen and oxygen atoms in total. The Kier molecular flexibility index (Phi) is 5.22. The highest BCUT2D eigenvalue weighted by Gasteiger charge is 2.28. The fourth-order valence-electron chi connectivity index (χ4n) is 2.58. The number of amides is 1. The molecule has 0 saturated carbocycles. The first kappa shape index (κ1) is 15.8. The highest BCUT2D eigenvalue weighted by Crippen LogP contribution is 2.31. The van der Waals surface area contributed by atoms with Crippen LogP contribution in [0.2, 0.25) is 0 Å². The van der Waals surface area contributed by atoms with Crippen LogP contribution in [0.15, 0.2) is 24.3 Å². The Hall–Kier alpha value is -1.56. The van der Waals surface area contributed by atoms with E-state index in [0.29, 0.717) is 0 Å². The van der Waals surface area contributed by atoms with Gasteiger partial charge in [0.05, 0.1) is 12.5 Å². The predicted octanol–water partition coefficient (Wildman–Crippen LogP) is 2.80. The molecule has 21 heavy (non-hydrogen) atoms. The van der Waals surface area contributed by atoms with Crippen LogP contribution in [-0.2, 0) is 16.0 Å². The van der Waals surface area contributed by atoms with E-state index in [4.69, 9.17) is 0 Å². The summed E-state index contributed by atoms with van der Waals surface area (Å²) in [7, 11) is 0. The second-order valence-corrected chi connectivity index (χ2v) is 5.10. The zero-order valence-electron chi connectivity index (χ0n) is 11.6. The van der Waals surface area contributed by atoms with Gasteiger partial charge in [-0.05, 0) is 30.4 Å². The van der Waals surface area contributed by atoms with Crippen LogP contribution < -0.4 is 5.32 Å². The summed E-state index contributed by atoms with van der Waals surface area (Å²) in [5.41, 5.74) is 2.20. The van der Waals surface area contributed by atoms with Crippen molar-refractivity contribution in [1.82, 2.24) is 5.32 Å². The maximum absolute atomic E-state index is 12.1. The molecule has 0 radical (unpaired) electrons. The van der Waals surface area contributed by atoms with E-state index < -0.39 is 12.8 Å². The third kappa shape index (κ3) is 4.74. The van der Waals surface area contributed by atoms with Gasteiger partial charge in [-0.15, -0.1) is 0 Å². The lowest BCUT2D eigenvalue weighted by Gasteiger charge is -2.24. The van der Waals surface area contributed by atoms with Crippen molar-refractivity contribution in [2.75, 3.05) is 19.8 Å². The molecule has 1 amide bonds. The molecule has 0 aliphatic heterocycles. The molecule has 0 aromatic heterocycles. The predicted molar refractivity (Wildman–Crippen MR) is 72.0 cm³/mol. The van der Waals surface area contributed by atoms with Gasteiger partial charge in [0.25, 0.3) is 0 Å². The monoisotopic (exact) mass is 301 g/mol. The Labute approximate surface area is 121 Å². The molecule has 1 atom stereocenters. The summed E-state index contributed by atoms with van der Waals surface area (Å²) in [5, 5.41) is 2.65. The summed E-state index contributed by atoms with van der Waals surface area (Å²) in [4.78, 5) is 12.1. The van der Waals surface area contributed by atoms with Gasteiger partial charge in [0, 0.05) is 6.54 Å². The van der Waals surface area contributed by atoms with Crippen LogP contribution in [-0.4, -0.2) is 31.8 Å². The quantitative estimate of drug-likeness (QED) is 0.849. The van der Waals surface area contributed by atoms with Crippen LogP contribution in [0, 0.1) is 0 Å². The van der Waals surface area contributed by atoms with Crippen molar-refractivity contribution < 1.29 is 22.7 Å². The zero-order valence-corrected chi connectivity index (χ0v) is 11.6. The van der Waals surface area contributed by atoms with Gasteiger partial charge in [-0.2, -0.15) is 13.2 Å². The van der Waals surface area contributed by atoms with Crippen molar-refractivity contribution in [3.63, 3.8) is 0 Å². The normalized spacial score (nSPS) is 18.1. The van der Waals surface area contributed by atoms with Gasteiger partial charge in [-0.25, -0.2) is 0 Å². The van der Waals surface area contributed by atoms with Gasteiger partial charge in [-0.1, -0.05) is 24.3 Å². The minimum Gasteiger partial charge on any atom is -0.370 e. The molecule has 116 valence electrons. The molecule has 0 spiro atoms. The molecule has 1 aromatic carbocycles. The Morgan fingerprint density at radius 3 is 2.86 bits per heavy atom. The summed E-state index contributed by atoms with van der Waals surface area (Å²) in [6.45, 7) is -1.33. The summed E-state index contributed by atoms with van der Waals surface area (Å²) >= 11 is 0. The molecule has 6 heteroatoms. The van der Waals surface area contributed by atoms with Crippen LogP contribution in [0.3, 0.4) is 0 Å². The minimum atomic E-state index is -4.33. The van der Waals surface area contributed by atoms with Crippen molar-refractivity contribution in [3.8, 4) is 0 Å². The first-order valence-electron chi connectivity index (χ1n) is 6.97. The topological polar surface area (TPSA) is 38.3 Å². The number of fused-ring (bicyclic) bond motifs is 1. The van der Waals surface area contributed by atoms with Gasteiger partial charge >= 0.3 is 6.18 Å². The summed E-state index contributed by atoms with van der Waals surface area (Å²) in [5.74, 6) is -0.352. The first-order chi connectivity index (χ1) is 9.97. The van der Waals surface area contributed by atoms with E-state index in [1.165, 1.54) is 5.56 Å². The molecular weight excluding hydrogens is 283 g/mol. The van der Waals surface area contributed by atoms with Crippen LogP contribution in [0.5, 0.6) is 0 Å². The van der Waals surface area contributed by atoms with Crippen molar-refractivity contribution in [2.45, 2.75) is 31.4 Å². The van der Waals surface area contributed by atoms with E-state index >= 15 is 0 Å². The van der Waals surface area contributed by atoms with Crippen LogP contribution in [0.1, 0.15) is 29.9 Å². The van der Waals surface area contributed by atoms with E-state index in [1.807, 2.05) is 24.3 Å². The molecule has 2 rings (SSSR count). The summed E-state index contributed by atoms with van der Waals surface area (Å²) in [6.07, 6.45) is -1.65. The van der Waals surface area contributed by atoms with Gasteiger partial charge < -0.3 is 10.1 Å². The number of carbonyl (C=O) groups excluding carboxylic acids is 1. The van der Waals surface area contributed by atoms with E-state index in [9.17, 15) is 18.0 Å². The largest absolute Gasteiger partial charge is 0.411 e. The van der Waals surface area contributed by atoms with E-state index in [0.717, 1.165) is 24.8 Å². The molecule has 1 aliphatic carbocycles. The molecule has 0 bridgehead atoms. The fraction of sp³-hybridized carbons (Fsp3) is 0.533. The maximum Gasteiger partial charge on any atom is 0.411 e. The van der Waals surface area contributed by atoms with Crippen molar-refractivity contribution in [3.05, 3.63) is 35.4 Å². The average Bonchev–Trinajstić information content (AvgIpc) is 2.45. The molecule has 1 aromatic rings. The highest BCUT2D eigenvalue weighted by molar-refractivity contribution is 5.84. The lowest BCUT2D eigenvalue weighted by atomic mass is 9.82. The SMILES string of the molecule is O=C(NCCOCC(F)(F)F)C1CCCc2ccccc21. The number of hydrogen-bond acceptors (Lipinski definition) is 2. The Morgan fingerprint density at radius 2 is 2.10 bits per heavy atom. The van der Waals surface area contributed by atoms with Crippen LogP contribution in [0.25, 0.3) is 0 Å². The highest BCUT2D eigenvalue weighted by atomic mass is 19.4. The Bertz CT molecular complexity index is 488. The van der Waals surface area contributed by atoms with Gasteiger partial charge in [-0.3, -0.25) is 4.79 Å². The second-order valence-electron chi connectivity index (χ2n) is 5.10. The maximum atomic E-state index is 12.1. The number of rotatable bonds is 5. The van der Waals surface area contributed by atoms with E-state index in [2.05, 4.69) is 10.1 Å². The third-order valence-corrected chi connectivity index (χ3v) is 3.50. The summed E-state index contributed by atoms with van der Waals surface area (Å²) < 4.78 is 40.1. The number of carbonyl (C=O) groups is 1. The number of halogens is 3. The Balaban J connectivity index is 1.80. The molecule has 1 aliphatic rings. The first-order valence-corrected chi connectivity index (χ1v) is 6.97. The zero-order chi connectivity index (χ0) is 15.3. The minimum absolute atomic E-state index is 0.0909. The van der Waals surface area contributed by atoms with Gasteiger partial charge in [0.2, 0.25) is 5.91 Å². The summed E-state index contributed by atoms with van der Waals surface area (Å²) in [6, 6.07) is 7.81. The third-order valence-electron chi connectivity index (χ3n) is 3.50. The van der Waals surface area contributed by atoms with Crippen molar-refractivity contribution in [1.29, 1.82) is 0 Å². The lowest BCUT2D eigenvalue weighted by molar-refractivity contribution is -0.173. The molecule has 0 fully saturated rings. The molecule has 1 N–H and O–H groups in total. The number of nitrogens with one attached hydrogen (secondary N) is 1. The lowest BCUT2D eigenvalue weighted by Crippen LogP contribution is -2.34. The standard InChI is InChI=1S/C15H18F3NO2/c16-15(17,18)10-21-9-8-19-14(20)13-7-3-5-11-4-1-2-6-12(11)13/h1-2,4,6,13H,3,5,7-10H2,(H,19,20). The van der Waals surface area contributed by atoms with Crippen LogP contribution in [0.4, 0.5) is 13.2 Å². The van der Waals surface area contributed by atoms with Crippen molar-refractivity contribution >= 4 is 5.91 Å². The average molecular weight is 301 g/mol. The van der Waals surface area contributed by atoms with Gasteiger partial charge in [0.1, 0.15) is 6.61 Å². The van der Waals surface area contributed by atoms with E-state index in [-0.39, 0.29) is 25.0 Å². The van der Waals surface area contributed by atoms with Crippen molar-refractivity contribution in [2.24, 2.45) is 0 Å². The molecule has 1 unspecified atom stereocenters.